The Balaban J connectivity index is 1.72. The Hall–Kier alpha value is -1.95. The Morgan fingerprint density at radius 3 is 2.62 bits per heavy atom. The van der Waals surface area contributed by atoms with Crippen molar-refractivity contribution in [3.8, 4) is 11.5 Å². The highest BCUT2D eigenvalue weighted by Gasteiger charge is 2.34. The maximum absolute atomic E-state index is 12.8. The molecule has 0 bridgehead atoms. The van der Waals surface area contributed by atoms with E-state index in [0.717, 1.165) is 38.5 Å². The van der Waals surface area contributed by atoms with Crippen LogP contribution in [-0.4, -0.2) is 43.0 Å². The van der Waals surface area contributed by atoms with Crippen LogP contribution in [0.4, 0.5) is 0 Å². The van der Waals surface area contributed by atoms with E-state index in [1.165, 1.54) is 0 Å². The van der Waals surface area contributed by atoms with Gasteiger partial charge in [0.15, 0.2) is 11.5 Å². The van der Waals surface area contributed by atoms with E-state index >= 15 is 0 Å². The maximum atomic E-state index is 12.8. The molecule has 6 nitrogen and oxygen atoms in total. The van der Waals surface area contributed by atoms with Crippen LogP contribution in [0.3, 0.4) is 0 Å². The van der Waals surface area contributed by atoms with Gasteiger partial charge in [-0.15, -0.1) is 11.6 Å². The van der Waals surface area contributed by atoms with Crippen molar-refractivity contribution in [1.82, 2.24) is 10.6 Å². The molecule has 3 rings (SSSR count). The van der Waals surface area contributed by atoms with E-state index in [1.807, 2.05) is 0 Å². The first-order valence-corrected chi connectivity index (χ1v) is 9.71. The molecule has 0 radical (unpaired) electrons. The minimum absolute atomic E-state index is 0.0763. The van der Waals surface area contributed by atoms with Crippen LogP contribution in [0, 0.1) is 0 Å². The minimum atomic E-state index is -0.428. The normalized spacial score (nSPS) is 18.5. The molecule has 0 unspecified atom stereocenters. The summed E-state index contributed by atoms with van der Waals surface area (Å²) in [5.74, 6) is 0.584. The Bertz CT molecular complexity index is 659. The quantitative estimate of drug-likeness (QED) is 0.770. The Labute approximate surface area is 158 Å². The molecule has 26 heavy (non-hydrogen) atoms. The lowest BCUT2D eigenvalue weighted by Crippen LogP contribution is -2.57. The van der Waals surface area contributed by atoms with Crippen LogP contribution in [0.1, 0.15) is 48.9 Å². The van der Waals surface area contributed by atoms with Crippen LogP contribution in [0.15, 0.2) is 18.2 Å². The Morgan fingerprint density at radius 1 is 1.08 bits per heavy atom. The maximum Gasteiger partial charge on any atom is 0.255 e. The van der Waals surface area contributed by atoms with Crippen LogP contribution >= 0.6 is 11.6 Å². The van der Waals surface area contributed by atoms with Crippen molar-refractivity contribution in [3.05, 3.63) is 23.8 Å². The average Bonchev–Trinajstić information content (AvgIpc) is 2.92. The second-order valence-corrected chi connectivity index (χ2v) is 7.16. The zero-order chi connectivity index (χ0) is 18.4. The molecule has 1 aliphatic carbocycles. The molecule has 1 fully saturated rings. The van der Waals surface area contributed by atoms with E-state index < -0.39 is 5.54 Å². The van der Waals surface area contributed by atoms with Crippen LogP contribution in [0.5, 0.6) is 11.5 Å². The second-order valence-electron chi connectivity index (χ2n) is 6.89. The summed E-state index contributed by atoms with van der Waals surface area (Å²) in [5.41, 5.74) is 0.0298. The highest BCUT2D eigenvalue weighted by molar-refractivity contribution is 6.27. The summed E-state index contributed by atoms with van der Waals surface area (Å²) in [5, 5.41) is 6.00. The summed E-state index contributed by atoms with van der Waals surface area (Å²) < 4.78 is 11.4. The van der Waals surface area contributed by atoms with Gasteiger partial charge in [0.05, 0.1) is 24.3 Å². The molecule has 1 saturated carbocycles. The minimum Gasteiger partial charge on any atom is -0.490 e. The Kier molecular flexibility index (Phi) is 6.25. The number of amides is 2. The van der Waals surface area contributed by atoms with Crippen molar-refractivity contribution in [1.29, 1.82) is 0 Å². The van der Waals surface area contributed by atoms with Gasteiger partial charge in [-0.25, -0.2) is 0 Å². The van der Waals surface area contributed by atoms with Crippen molar-refractivity contribution in [2.24, 2.45) is 0 Å². The van der Waals surface area contributed by atoms with Crippen molar-refractivity contribution in [2.75, 3.05) is 25.6 Å². The molecular formula is C19H25ClN2O4. The molecule has 0 saturated heterocycles. The van der Waals surface area contributed by atoms with Gasteiger partial charge in [-0.2, -0.15) is 0 Å². The fraction of sp³-hybridized carbons (Fsp3) is 0.579. The van der Waals surface area contributed by atoms with E-state index in [1.54, 1.807) is 18.2 Å². The predicted octanol–water partition coefficient (Wildman–Crippen LogP) is 2.64. The third-order valence-electron chi connectivity index (χ3n) is 4.94. The first-order valence-electron chi connectivity index (χ1n) is 9.17. The number of hydrogen-bond donors (Lipinski definition) is 2. The zero-order valence-electron chi connectivity index (χ0n) is 14.8. The number of fused-ring (bicyclic) bond motifs is 1. The molecule has 7 heteroatoms. The van der Waals surface area contributed by atoms with Crippen LogP contribution in [0.25, 0.3) is 0 Å². The van der Waals surface area contributed by atoms with Crippen LogP contribution < -0.4 is 20.1 Å². The van der Waals surface area contributed by atoms with Gasteiger partial charge in [-0.1, -0.05) is 25.3 Å². The van der Waals surface area contributed by atoms with Gasteiger partial charge in [0, 0.05) is 13.0 Å². The standard InChI is InChI=1S/C19H25ClN2O4/c20-12-16(23)22-19(8-2-1-3-9-19)13-21-18(24)14-6-4-7-15-17(14)26-11-5-10-25-15/h4,6-7H,1-3,5,8-13H2,(H,21,24)(H,22,23). The average molecular weight is 381 g/mol. The van der Waals surface area contributed by atoms with Gasteiger partial charge in [0.1, 0.15) is 5.88 Å². The topological polar surface area (TPSA) is 76.7 Å². The third-order valence-corrected chi connectivity index (χ3v) is 5.18. The summed E-state index contributed by atoms with van der Waals surface area (Å²) in [6.45, 7) is 1.47. The fourth-order valence-electron chi connectivity index (χ4n) is 3.62. The van der Waals surface area contributed by atoms with Gasteiger partial charge >= 0.3 is 0 Å². The third kappa shape index (κ3) is 4.41. The lowest BCUT2D eigenvalue weighted by Gasteiger charge is -2.38. The Morgan fingerprint density at radius 2 is 1.85 bits per heavy atom. The lowest BCUT2D eigenvalue weighted by molar-refractivity contribution is -0.121. The van der Waals surface area contributed by atoms with Gasteiger partial charge < -0.3 is 20.1 Å². The zero-order valence-corrected chi connectivity index (χ0v) is 15.6. The number of carbonyl (C=O) groups is 2. The predicted molar refractivity (Wildman–Crippen MR) is 99.1 cm³/mol. The highest BCUT2D eigenvalue weighted by Crippen LogP contribution is 2.33. The van der Waals surface area contributed by atoms with Gasteiger partial charge in [-0.05, 0) is 25.0 Å². The van der Waals surface area contributed by atoms with E-state index in [2.05, 4.69) is 10.6 Å². The van der Waals surface area contributed by atoms with E-state index in [4.69, 9.17) is 21.1 Å². The number of nitrogens with one attached hydrogen (secondary N) is 2. The molecule has 1 aromatic carbocycles. The van der Waals surface area contributed by atoms with Crippen LogP contribution in [-0.2, 0) is 4.79 Å². The van der Waals surface area contributed by atoms with Crippen molar-refractivity contribution in [2.45, 2.75) is 44.1 Å². The molecule has 2 N–H and O–H groups in total. The molecule has 0 atom stereocenters. The van der Waals surface area contributed by atoms with Crippen molar-refractivity contribution >= 4 is 23.4 Å². The molecule has 2 amide bonds. The van der Waals surface area contributed by atoms with Gasteiger partial charge in [0.25, 0.3) is 5.91 Å². The molecular weight excluding hydrogens is 356 g/mol. The van der Waals surface area contributed by atoms with Crippen molar-refractivity contribution in [3.63, 3.8) is 0 Å². The highest BCUT2D eigenvalue weighted by atomic mass is 35.5. The number of benzene rings is 1. The molecule has 1 aromatic rings. The van der Waals surface area contributed by atoms with Crippen LogP contribution in [0.2, 0.25) is 0 Å². The van der Waals surface area contributed by atoms with E-state index in [9.17, 15) is 9.59 Å². The summed E-state index contributed by atoms with van der Waals surface area (Å²) in [7, 11) is 0. The number of rotatable bonds is 5. The van der Waals surface area contributed by atoms with Gasteiger partial charge in [0.2, 0.25) is 5.91 Å². The summed E-state index contributed by atoms with van der Waals surface area (Å²) in [6.07, 6.45) is 5.64. The SMILES string of the molecule is O=C(CCl)NC1(CNC(=O)c2cccc3c2OCCCO3)CCCCC1. The molecule has 1 heterocycles. The van der Waals surface area contributed by atoms with E-state index in [-0.39, 0.29) is 17.7 Å². The second kappa shape index (κ2) is 8.62. The molecule has 2 aliphatic rings. The fourth-order valence-corrected chi connectivity index (χ4v) is 3.69. The van der Waals surface area contributed by atoms with Gasteiger partial charge in [-0.3, -0.25) is 9.59 Å². The molecule has 1 aliphatic heterocycles. The number of ether oxygens (including phenoxy) is 2. The lowest BCUT2D eigenvalue weighted by atomic mass is 9.81. The largest absolute Gasteiger partial charge is 0.490 e. The molecule has 0 aromatic heterocycles. The first-order chi connectivity index (χ1) is 12.6. The smallest absolute Gasteiger partial charge is 0.255 e. The number of alkyl halides is 1. The number of hydrogen-bond acceptors (Lipinski definition) is 4. The summed E-state index contributed by atoms with van der Waals surface area (Å²) >= 11 is 5.66. The summed E-state index contributed by atoms with van der Waals surface area (Å²) in [4.78, 5) is 24.6. The summed E-state index contributed by atoms with van der Waals surface area (Å²) in [6, 6.07) is 5.32. The number of para-hydroxylation sites is 1. The number of carbonyl (C=O) groups excluding carboxylic acids is 2. The monoisotopic (exact) mass is 380 g/mol. The van der Waals surface area contributed by atoms with E-state index in [0.29, 0.717) is 36.8 Å². The molecule has 142 valence electrons. The van der Waals surface area contributed by atoms with Crippen molar-refractivity contribution < 1.29 is 19.1 Å². The molecule has 0 spiro atoms. The first kappa shape index (κ1) is 18.8. The number of halogens is 1.